The van der Waals surface area contributed by atoms with Crippen LogP contribution < -0.4 is 5.32 Å². The van der Waals surface area contributed by atoms with E-state index >= 15 is 0 Å². The summed E-state index contributed by atoms with van der Waals surface area (Å²) in [5, 5.41) is 3.87. The van der Waals surface area contributed by atoms with Crippen LogP contribution in [0.1, 0.15) is 38.5 Å². The third-order valence-corrected chi connectivity index (χ3v) is 5.90. The molecule has 2 aliphatic carbocycles. The first-order chi connectivity index (χ1) is 9.40. The van der Waals surface area contributed by atoms with E-state index < -0.39 is 0 Å². The highest BCUT2D eigenvalue weighted by atomic mass is 16.5. The summed E-state index contributed by atoms with van der Waals surface area (Å²) in [5.74, 6) is 0.809. The van der Waals surface area contributed by atoms with Crippen LogP contribution in [0.4, 0.5) is 0 Å². The van der Waals surface area contributed by atoms with E-state index in [4.69, 9.17) is 9.47 Å². The Morgan fingerprint density at radius 3 is 3.00 bits per heavy atom. The molecule has 3 unspecified atom stereocenters. The van der Waals surface area contributed by atoms with Gasteiger partial charge >= 0.3 is 0 Å². The second kappa shape index (κ2) is 4.87. The summed E-state index contributed by atoms with van der Waals surface area (Å²) in [7, 11) is 0. The molecule has 3 heteroatoms. The molecule has 19 heavy (non-hydrogen) atoms. The SMILES string of the molecule is C1=C(CCNC2C3CCOC3C23CCC3)CCOC1. The topological polar surface area (TPSA) is 30.5 Å². The normalized spacial score (nSPS) is 39.4. The first-order valence-corrected chi connectivity index (χ1v) is 8.01. The molecule has 0 aromatic carbocycles. The Morgan fingerprint density at radius 2 is 2.26 bits per heavy atom. The minimum absolute atomic E-state index is 0.533. The van der Waals surface area contributed by atoms with Crippen LogP contribution in [0.15, 0.2) is 11.6 Å². The highest BCUT2D eigenvalue weighted by molar-refractivity contribution is 5.18. The number of hydrogen-bond acceptors (Lipinski definition) is 3. The molecule has 0 aromatic rings. The maximum atomic E-state index is 5.97. The molecule has 0 aromatic heterocycles. The van der Waals surface area contributed by atoms with E-state index in [9.17, 15) is 0 Å². The summed E-state index contributed by atoms with van der Waals surface area (Å²) in [6.07, 6.45) is 10.7. The Bertz CT molecular complexity index is 375. The van der Waals surface area contributed by atoms with Crippen LogP contribution in [-0.2, 0) is 9.47 Å². The van der Waals surface area contributed by atoms with Crippen LogP contribution in [0.5, 0.6) is 0 Å². The average molecular weight is 263 g/mol. The Hall–Kier alpha value is -0.380. The fraction of sp³-hybridized carbons (Fsp3) is 0.875. The van der Waals surface area contributed by atoms with Crippen LogP contribution in [0.2, 0.25) is 0 Å². The number of fused-ring (bicyclic) bond motifs is 2. The van der Waals surface area contributed by atoms with Crippen molar-refractivity contribution in [2.24, 2.45) is 11.3 Å². The molecule has 2 heterocycles. The van der Waals surface area contributed by atoms with E-state index in [1.54, 1.807) is 5.57 Å². The molecular formula is C16H25NO2. The van der Waals surface area contributed by atoms with Gasteiger partial charge in [-0.25, -0.2) is 0 Å². The van der Waals surface area contributed by atoms with Crippen molar-refractivity contribution in [2.75, 3.05) is 26.4 Å². The summed E-state index contributed by atoms with van der Waals surface area (Å²) in [6, 6.07) is 0.745. The molecule has 0 bridgehead atoms. The van der Waals surface area contributed by atoms with Gasteiger partial charge in [-0.1, -0.05) is 18.1 Å². The van der Waals surface area contributed by atoms with Crippen molar-refractivity contribution in [2.45, 2.75) is 50.7 Å². The molecule has 0 radical (unpaired) electrons. The first-order valence-electron chi connectivity index (χ1n) is 8.01. The molecule has 3 fully saturated rings. The van der Waals surface area contributed by atoms with Crippen LogP contribution in [0.3, 0.4) is 0 Å². The molecule has 106 valence electrons. The van der Waals surface area contributed by atoms with Crippen LogP contribution >= 0.6 is 0 Å². The lowest BCUT2D eigenvalue weighted by atomic mass is 9.46. The average Bonchev–Trinajstić information content (AvgIpc) is 2.79. The van der Waals surface area contributed by atoms with E-state index in [0.717, 1.165) is 44.7 Å². The van der Waals surface area contributed by atoms with Gasteiger partial charge in [0.15, 0.2) is 0 Å². The third-order valence-electron chi connectivity index (χ3n) is 5.90. The summed E-state index contributed by atoms with van der Waals surface area (Å²) >= 11 is 0. The predicted octanol–water partition coefficient (Wildman–Crippen LogP) is 2.27. The fourth-order valence-electron chi connectivity index (χ4n) is 4.74. The van der Waals surface area contributed by atoms with Gasteiger partial charge < -0.3 is 14.8 Å². The van der Waals surface area contributed by atoms with Gasteiger partial charge in [0.25, 0.3) is 0 Å². The van der Waals surface area contributed by atoms with Crippen molar-refractivity contribution in [3.05, 3.63) is 11.6 Å². The molecule has 2 saturated carbocycles. The molecule has 1 N–H and O–H groups in total. The molecule has 4 aliphatic rings. The molecular weight excluding hydrogens is 238 g/mol. The Balaban J connectivity index is 1.31. The summed E-state index contributed by atoms with van der Waals surface area (Å²) < 4.78 is 11.3. The van der Waals surface area contributed by atoms with Gasteiger partial charge in [-0.3, -0.25) is 0 Å². The zero-order valence-corrected chi connectivity index (χ0v) is 11.7. The molecule has 3 nitrogen and oxygen atoms in total. The van der Waals surface area contributed by atoms with Gasteiger partial charge in [-0.15, -0.1) is 0 Å². The third kappa shape index (κ3) is 1.90. The second-order valence-electron chi connectivity index (χ2n) is 6.70. The highest BCUT2D eigenvalue weighted by Gasteiger charge is 2.66. The van der Waals surface area contributed by atoms with Crippen molar-refractivity contribution in [1.82, 2.24) is 5.32 Å². The number of rotatable bonds is 4. The largest absolute Gasteiger partial charge is 0.377 e. The molecule has 1 saturated heterocycles. The lowest BCUT2D eigenvalue weighted by Crippen LogP contribution is -2.71. The predicted molar refractivity (Wildman–Crippen MR) is 74.1 cm³/mol. The summed E-state index contributed by atoms with van der Waals surface area (Å²) in [6.45, 7) is 3.87. The lowest BCUT2D eigenvalue weighted by molar-refractivity contribution is -0.175. The van der Waals surface area contributed by atoms with E-state index in [-0.39, 0.29) is 0 Å². The highest BCUT2D eigenvalue weighted by Crippen LogP contribution is 2.62. The lowest BCUT2D eigenvalue weighted by Gasteiger charge is -2.63. The minimum Gasteiger partial charge on any atom is -0.377 e. The van der Waals surface area contributed by atoms with Crippen LogP contribution in [-0.4, -0.2) is 38.5 Å². The van der Waals surface area contributed by atoms with Gasteiger partial charge in [-0.2, -0.15) is 0 Å². The van der Waals surface area contributed by atoms with E-state index in [2.05, 4.69) is 11.4 Å². The fourth-order valence-corrected chi connectivity index (χ4v) is 4.74. The summed E-state index contributed by atoms with van der Waals surface area (Å²) in [5.41, 5.74) is 2.12. The molecule has 3 atom stereocenters. The molecule has 0 amide bonds. The Morgan fingerprint density at radius 1 is 1.32 bits per heavy atom. The first kappa shape index (κ1) is 12.4. The quantitative estimate of drug-likeness (QED) is 0.789. The van der Waals surface area contributed by atoms with Crippen molar-refractivity contribution in [1.29, 1.82) is 0 Å². The monoisotopic (exact) mass is 263 g/mol. The maximum Gasteiger partial charge on any atom is 0.0690 e. The van der Waals surface area contributed by atoms with Gasteiger partial charge in [-0.05, 0) is 38.6 Å². The second-order valence-corrected chi connectivity index (χ2v) is 6.70. The minimum atomic E-state index is 0.533. The zero-order valence-electron chi connectivity index (χ0n) is 11.7. The van der Waals surface area contributed by atoms with Crippen LogP contribution in [0, 0.1) is 11.3 Å². The van der Waals surface area contributed by atoms with Gasteiger partial charge in [0.1, 0.15) is 0 Å². The summed E-state index contributed by atoms with van der Waals surface area (Å²) in [4.78, 5) is 0. The zero-order chi connectivity index (χ0) is 12.7. The van der Waals surface area contributed by atoms with E-state index in [1.165, 1.54) is 32.1 Å². The Kier molecular flexibility index (Phi) is 3.17. The van der Waals surface area contributed by atoms with Crippen molar-refractivity contribution >= 4 is 0 Å². The van der Waals surface area contributed by atoms with Crippen LogP contribution in [0.25, 0.3) is 0 Å². The maximum absolute atomic E-state index is 5.97. The standard InChI is InChI=1S/C16H25NO2/c1-6-16(7-1)14(13-5-11-19-15(13)16)17-8-2-12-3-9-18-10-4-12/h3,13-15,17H,1-2,4-11H2. The number of ether oxygens (including phenoxy) is 2. The molecule has 2 aliphatic heterocycles. The van der Waals surface area contributed by atoms with Gasteiger partial charge in [0.2, 0.25) is 0 Å². The Labute approximate surface area is 115 Å². The van der Waals surface area contributed by atoms with Crippen molar-refractivity contribution in [3.8, 4) is 0 Å². The van der Waals surface area contributed by atoms with Crippen molar-refractivity contribution < 1.29 is 9.47 Å². The van der Waals surface area contributed by atoms with Gasteiger partial charge in [0, 0.05) is 24.0 Å². The molecule has 4 rings (SSSR count). The van der Waals surface area contributed by atoms with E-state index in [0.29, 0.717) is 11.5 Å². The van der Waals surface area contributed by atoms with E-state index in [1.807, 2.05) is 0 Å². The van der Waals surface area contributed by atoms with Crippen molar-refractivity contribution in [3.63, 3.8) is 0 Å². The molecule has 1 spiro atoms. The van der Waals surface area contributed by atoms with Gasteiger partial charge in [0.05, 0.1) is 19.3 Å². The smallest absolute Gasteiger partial charge is 0.0690 e. The number of nitrogens with one attached hydrogen (secondary N) is 1. The number of hydrogen-bond donors (Lipinski definition) is 1.